The first-order chi connectivity index (χ1) is 12.9. The average molecular weight is 394 g/mol. The lowest BCUT2D eigenvalue weighted by molar-refractivity contribution is -0.117. The number of carbonyl (C=O) groups excluding carboxylic acids is 2. The highest BCUT2D eigenvalue weighted by molar-refractivity contribution is 6.33. The van der Waals surface area contributed by atoms with E-state index in [1.807, 2.05) is 4.90 Å². The molecule has 1 aliphatic heterocycles. The summed E-state index contributed by atoms with van der Waals surface area (Å²) in [5.74, 6) is -2.57. The molecule has 1 aliphatic rings. The first kappa shape index (κ1) is 19.3. The van der Waals surface area contributed by atoms with Gasteiger partial charge in [0.05, 0.1) is 17.3 Å². The molecule has 0 atom stereocenters. The standard InChI is InChI=1S/C19H18ClF2N3O2/c20-14-3-1-2-4-17(14)23-18(26)12-24-7-9-25(10-8-24)19(27)13-5-6-15(21)16(22)11-13/h1-6,11H,7-10,12H2,(H,23,26). The summed E-state index contributed by atoms with van der Waals surface area (Å²) in [7, 11) is 0. The molecule has 1 saturated heterocycles. The zero-order valence-electron chi connectivity index (χ0n) is 14.4. The highest BCUT2D eigenvalue weighted by atomic mass is 35.5. The van der Waals surface area contributed by atoms with Crippen LogP contribution >= 0.6 is 11.6 Å². The summed E-state index contributed by atoms with van der Waals surface area (Å²) in [6.07, 6.45) is 0. The minimum absolute atomic E-state index is 0.110. The minimum Gasteiger partial charge on any atom is -0.336 e. The van der Waals surface area contributed by atoms with Crippen molar-refractivity contribution in [3.63, 3.8) is 0 Å². The van der Waals surface area contributed by atoms with Crippen molar-refractivity contribution in [3.8, 4) is 0 Å². The fourth-order valence-corrected chi connectivity index (χ4v) is 3.06. The molecule has 1 fully saturated rings. The third-order valence-electron chi connectivity index (χ3n) is 4.34. The molecule has 27 heavy (non-hydrogen) atoms. The lowest BCUT2D eigenvalue weighted by atomic mass is 10.1. The monoisotopic (exact) mass is 393 g/mol. The molecule has 0 saturated carbocycles. The van der Waals surface area contributed by atoms with E-state index in [1.165, 1.54) is 6.07 Å². The van der Waals surface area contributed by atoms with E-state index in [4.69, 9.17) is 11.6 Å². The summed E-state index contributed by atoms with van der Waals surface area (Å²) in [5.41, 5.74) is 0.662. The van der Waals surface area contributed by atoms with Gasteiger partial charge in [-0.1, -0.05) is 23.7 Å². The Morgan fingerprint density at radius 3 is 2.37 bits per heavy atom. The molecular weight excluding hydrogens is 376 g/mol. The van der Waals surface area contributed by atoms with Gasteiger partial charge in [0.15, 0.2) is 11.6 Å². The number of benzene rings is 2. The molecule has 3 rings (SSSR count). The maximum atomic E-state index is 13.3. The normalized spacial score (nSPS) is 14.9. The highest BCUT2D eigenvalue weighted by Crippen LogP contribution is 2.20. The molecule has 2 amide bonds. The maximum absolute atomic E-state index is 13.3. The molecule has 2 aromatic carbocycles. The Kier molecular flexibility index (Phi) is 6.03. The molecule has 0 unspecified atom stereocenters. The summed E-state index contributed by atoms with van der Waals surface area (Å²) in [6, 6.07) is 10.1. The van der Waals surface area contributed by atoms with E-state index in [0.717, 1.165) is 12.1 Å². The Morgan fingerprint density at radius 1 is 1.00 bits per heavy atom. The number of anilines is 1. The molecule has 1 N–H and O–H groups in total. The maximum Gasteiger partial charge on any atom is 0.254 e. The quantitative estimate of drug-likeness (QED) is 0.868. The second-order valence-electron chi connectivity index (χ2n) is 6.23. The van der Waals surface area contributed by atoms with Crippen LogP contribution in [0.2, 0.25) is 5.02 Å². The molecule has 0 spiro atoms. The van der Waals surface area contributed by atoms with Crippen molar-refractivity contribution in [2.24, 2.45) is 0 Å². The molecule has 2 aromatic rings. The number of carbonyl (C=O) groups is 2. The van der Waals surface area contributed by atoms with Crippen LogP contribution in [0.25, 0.3) is 0 Å². The summed E-state index contributed by atoms with van der Waals surface area (Å²) in [4.78, 5) is 28.0. The predicted octanol–water partition coefficient (Wildman–Crippen LogP) is 3.01. The molecule has 0 bridgehead atoms. The van der Waals surface area contributed by atoms with Crippen molar-refractivity contribution < 1.29 is 18.4 Å². The van der Waals surface area contributed by atoms with Gasteiger partial charge in [-0.3, -0.25) is 14.5 Å². The van der Waals surface area contributed by atoms with Gasteiger partial charge in [0, 0.05) is 31.7 Å². The lowest BCUT2D eigenvalue weighted by Crippen LogP contribution is -2.50. The topological polar surface area (TPSA) is 52.7 Å². The number of hydrogen-bond acceptors (Lipinski definition) is 3. The molecule has 0 aromatic heterocycles. The van der Waals surface area contributed by atoms with Crippen molar-refractivity contribution in [2.75, 3.05) is 38.0 Å². The van der Waals surface area contributed by atoms with Gasteiger partial charge in [-0.2, -0.15) is 0 Å². The second kappa shape index (κ2) is 8.45. The van der Waals surface area contributed by atoms with Crippen LogP contribution in [0.5, 0.6) is 0 Å². The molecule has 0 aliphatic carbocycles. The number of rotatable bonds is 4. The Labute approximate surface area is 160 Å². The van der Waals surface area contributed by atoms with Crippen LogP contribution in [0.4, 0.5) is 14.5 Å². The van der Waals surface area contributed by atoms with E-state index in [-0.39, 0.29) is 23.9 Å². The number of nitrogens with one attached hydrogen (secondary N) is 1. The fourth-order valence-electron chi connectivity index (χ4n) is 2.88. The van der Waals surface area contributed by atoms with Gasteiger partial charge in [-0.25, -0.2) is 8.78 Å². The predicted molar refractivity (Wildman–Crippen MR) is 98.8 cm³/mol. The molecular formula is C19H18ClF2N3O2. The number of para-hydroxylation sites is 1. The zero-order valence-corrected chi connectivity index (χ0v) is 15.2. The number of piperazine rings is 1. The van der Waals surface area contributed by atoms with E-state index < -0.39 is 11.6 Å². The Morgan fingerprint density at radius 2 is 1.70 bits per heavy atom. The molecule has 5 nitrogen and oxygen atoms in total. The lowest BCUT2D eigenvalue weighted by Gasteiger charge is -2.34. The number of amides is 2. The molecule has 8 heteroatoms. The van der Waals surface area contributed by atoms with Crippen molar-refractivity contribution in [1.29, 1.82) is 0 Å². The van der Waals surface area contributed by atoms with Crippen molar-refractivity contribution in [3.05, 3.63) is 64.7 Å². The van der Waals surface area contributed by atoms with Gasteiger partial charge in [0.1, 0.15) is 0 Å². The number of hydrogen-bond donors (Lipinski definition) is 1. The molecule has 142 valence electrons. The van der Waals surface area contributed by atoms with E-state index in [0.29, 0.717) is 36.9 Å². The Bertz CT molecular complexity index is 855. The van der Waals surface area contributed by atoms with E-state index in [2.05, 4.69) is 5.32 Å². The second-order valence-corrected chi connectivity index (χ2v) is 6.63. The first-order valence-electron chi connectivity index (χ1n) is 8.45. The molecule has 1 heterocycles. The van der Waals surface area contributed by atoms with Crippen LogP contribution < -0.4 is 5.32 Å². The van der Waals surface area contributed by atoms with Crippen LogP contribution in [0.1, 0.15) is 10.4 Å². The summed E-state index contributed by atoms with van der Waals surface area (Å²) in [5, 5.41) is 3.22. The first-order valence-corrected chi connectivity index (χ1v) is 8.83. The van der Waals surface area contributed by atoms with Crippen LogP contribution in [0, 0.1) is 11.6 Å². The van der Waals surface area contributed by atoms with Crippen molar-refractivity contribution in [2.45, 2.75) is 0 Å². The largest absolute Gasteiger partial charge is 0.336 e. The van der Waals surface area contributed by atoms with Gasteiger partial charge in [0.2, 0.25) is 5.91 Å². The van der Waals surface area contributed by atoms with Crippen LogP contribution in [-0.2, 0) is 4.79 Å². The fraction of sp³-hybridized carbons (Fsp3) is 0.263. The summed E-state index contributed by atoms with van der Waals surface area (Å²) < 4.78 is 26.3. The van der Waals surface area contributed by atoms with Crippen LogP contribution in [0.3, 0.4) is 0 Å². The van der Waals surface area contributed by atoms with Crippen molar-refractivity contribution >= 4 is 29.1 Å². The van der Waals surface area contributed by atoms with Crippen molar-refractivity contribution in [1.82, 2.24) is 9.80 Å². The van der Waals surface area contributed by atoms with Gasteiger partial charge in [-0.05, 0) is 30.3 Å². The van der Waals surface area contributed by atoms with E-state index in [1.54, 1.807) is 29.2 Å². The highest BCUT2D eigenvalue weighted by Gasteiger charge is 2.24. The third-order valence-corrected chi connectivity index (χ3v) is 4.67. The number of nitrogens with zero attached hydrogens (tertiary/aromatic N) is 2. The van der Waals surface area contributed by atoms with E-state index >= 15 is 0 Å². The van der Waals surface area contributed by atoms with Gasteiger partial charge in [0.25, 0.3) is 5.91 Å². The smallest absolute Gasteiger partial charge is 0.254 e. The van der Waals surface area contributed by atoms with Gasteiger partial charge in [-0.15, -0.1) is 0 Å². The Hall–Kier alpha value is -2.51. The SMILES string of the molecule is O=C(CN1CCN(C(=O)c2ccc(F)c(F)c2)CC1)Nc1ccccc1Cl. The summed E-state index contributed by atoms with van der Waals surface area (Å²) in [6.45, 7) is 1.99. The zero-order chi connectivity index (χ0) is 19.4. The van der Waals surface area contributed by atoms with E-state index in [9.17, 15) is 18.4 Å². The van der Waals surface area contributed by atoms with Gasteiger partial charge < -0.3 is 10.2 Å². The third kappa shape index (κ3) is 4.81. The minimum atomic E-state index is -1.05. The molecule has 0 radical (unpaired) electrons. The summed E-state index contributed by atoms with van der Waals surface area (Å²) >= 11 is 6.02. The Balaban J connectivity index is 1.51. The number of halogens is 3. The average Bonchev–Trinajstić information content (AvgIpc) is 2.66. The van der Waals surface area contributed by atoms with Crippen LogP contribution in [-0.4, -0.2) is 54.3 Å². The van der Waals surface area contributed by atoms with Gasteiger partial charge >= 0.3 is 0 Å². The van der Waals surface area contributed by atoms with Crippen LogP contribution in [0.15, 0.2) is 42.5 Å².